The molecular weight excluding hydrogens is 386 g/mol. The van der Waals surface area contributed by atoms with Crippen LogP contribution in [-0.2, 0) is 18.5 Å². The molecule has 2 aromatic carbocycles. The Kier molecular flexibility index (Phi) is 5.39. The SMILES string of the molecule is CC1(C)C(N)=Nc2cc(OCCCCN3Cc4ccccc4C3)c(OCC3CC3)cc21. The number of aliphatic imine (C=N–C) groups is 1. The molecule has 0 radical (unpaired) electrons. The second-order valence-corrected chi connectivity index (χ2v) is 9.73. The first-order chi connectivity index (χ1) is 15.0. The van der Waals surface area contributed by atoms with Crippen molar-refractivity contribution in [3.8, 4) is 11.5 Å². The summed E-state index contributed by atoms with van der Waals surface area (Å²) in [5.74, 6) is 2.97. The van der Waals surface area contributed by atoms with Gasteiger partial charge in [0.05, 0.1) is 18.9 Å². The van der Waals surface area contributed by atoms with Gasteiger partial charge in [0.2, 0.25) is 0 Å². The van der Waals surface area contributed by atoms with Crippen molar-refractivity contribution in [2.75, 3.05) is 19.8 Å². The zero-order chi connectivity index (χ0) is 21.4. The van der Waals surface area contributed by atoms with Crippen molar-refractivity contribution >= 4 is 11.5 Å². The summed E-state index contributed by atoms with van der Waals surface area (Å²) in [6, 6.07) is 12.9. The highest BCUT2D eigenvalue weighted by molar-refractivity contribution is 5.99. The lowest BCUT2D eigenvalue weighted by Crippen LogP contribution is -2.32. The second kappa shape index (κ2) is 8.19. The Labute approximate surface area is 185 Å². The van der Waals surface area contributed by atoms with E-state index in [2.05, 4.69) is 54.1 Å². The first kappa shape index (κ1) is 20.4. The third kappa shape index (κ3) is 4.29. The minimum absolute atomic E-state index is 0.265. The molecule has 0 saturated heterocycles. The lowest BCUT2D eigenvalue weighted by molar-refractivity contribution is 0.240. The van der Waals surface area contributed by atoms with Gasteiger partial charge in [0.1, 0.15) is 5.84 Å². The van der Waals surface area contributed by atoms with E-state index in [1.165, 1.54) is 24.0 Å². The number of hydrogen-bond donors (Lipinski definition) is 1. The summed E-state index contributed by atoms with van der Waals surface area (Å²) in [7, 11) is 0. The molecule has 2 N–H and O–H groups in total. The van der Waals surface area contributed by atoms with Crippen LogP contribution in [0.4, 0.5) is 5.69 Å². The van der Waals surface area contributed by atoms with Gasteiger partial charge < -0.3 is 15.2 Å². The first-order valence-electron chi connectivity index (χ1n) is 11.6. The molecule has 1 saturated carbocycles. The minimum Gasteiger partial charge on any atom is -0.490 e. The molecule has 5 nitrogen and oxygen atoms in total. The maximum atomic E-state index is 6.19. The molecule has 5 heteroatoms. The fraction of sp³-hybridized carbons (Fsp3) is 0.500. The van der Waals surface area contributed by atoms with Crippen LogP contribution in [0.5, 0.6) is 11.5 Å². The lowest BCUT2D eigenvalue weighted by Gasteiger charge is -2.21. The van der Waals surface area contributed by atoms with Gasteiger partial charge in [-0.2, -0.15) is 0 Å². The highest BCUT2D eigenvalue weighted by Gasteiger charge is 2.35. The van der Waals surface area contributed by atoms with Crippen molar-refractivity contribution in [3.63, 3.8) is 0 Å². The Bertz CT molecular complexity index is 969. The zero-order valence-electron chi connectivity index (χ0n) is 18.7. The Morgan fingerprint density at radius 1 is 1.03 bits per heavy atom. The number of hydrogen-bond acceptors (Lipinski definition) is 5. The molecule has 0 unspecified atom stereocenters. The lowest BCUT2D eigenvalue weighted by atomic mass is 9.85. The molecule has 0 aromatic heterocycles. The summed E-state index contributed by atoms with van der Waals surface area (Å²) in [4.78, 5) is 7.10. The Morgan fingerprint density at radius 3 is 2.45 bits per heavy atom. The van der Waals surface area contributed by atoms with E-state index in [9.17, 15) is 0 Å². The topological polar surface area (TPSA) is 60.1 Å². The number of benzene rings is 2. The molecular formula is C26H33N3O2. The van der Waals surface area contributed by atoms with E-state index in [1.54, 1.807) is 0 Å². The van der Waals surface area contributed by atoms with E-state index < -0.39 is 0 Å². The molecule has 5 rings (SSSR count). The number of unbranched alkanes of at least 4 members (excludes halogenated alkanes) is 1. The van der Waals surface area contributed by atoms with Gasteiger partial charge in [-0.25, -0.2) is 4.99 Å². The van der Waals surface area contributed by atoms with E-state index in [1.807, 2.05) is 6.07 Å². The number of ether oxygens (including phenoxy) is 2. The summed E-state index contributed by atoms with van der Waals surface area (Å²) in [5, 5.41) is 0. The van der Waals surface area contributed by atoms with Gasteiger partial charge in [-0.15, -0.1) is 0 Å². The van der Waals surface area contributed by atoms with Crippen molar-refractivity contribution in [3.05, 3.63) is 53.1 Å². The van der Waals surface area contributed by atoms with Crippen LogP contribution >= 0.6 is 0 Å². The monoisotopic (exact) mass is 419 g/mol. The summed E-state index contributed by atoms with van der Waals surface area (Å²) in [6.45, 7) is 8.90. The smallest absolute Gasteiger partial charge is 0.163 e. The molecule has 164 valence electrons. The quantitative estimate of drug-likeness (QED) is 0.586. The molecule has 0 atom stereocenters. The molecule has 2 aromatic rings. The Balaban J connectivity index is 1.17. The fourth-order valence-corrected chi connectivity index (χ4v) is 4.45. The predicted molar refractivity (Wildman–Crippen MR) is 124 cm³/mol. The van der Waals surface area contributed by atoms with Gasteiger partial charge in [0, 0.05) is 24.6 Å². The first-order valence-corrected chi connectivity index (χ1v) is 11.6. The standard InChI is InChI=1S/C26H33N3O2/c1-26(2)21-13-23(31-17-18-9-10-18)24(14-22(21)28-25(26)27)30-12-6-5-11-29-15-19-7-3-4-8-20(19)16-29/h3-4,7-8,13-14,18H,5-6,9-12,15-17H2,1-2H3,(H2,27,28). The maximum Gasteiger partial charge on any atom is 0.163 e. The summed E-state index contributed by atoms with van der Waals surface area (Å²) < 4.78 is 12.4. The Hall–Kier alpha value is -2.53. The number of fused-ring (bicyclic) bond motifs is 2. The molecule has 0 amide bonds. The summed E-state index contributed by atoms with van der Waals surface area (Å²) >= 11 is 0. The van der Waals surface area contributed by atoms with Crippen LogP contribution in [-0.4, -0.2) is 30.5 Å². The third-order valence-electron chi connectivity index (χ3n) is 6.82. The van der Waals surface area contributed by atoms with Crippen LogP contribution in [0.1, 0.15) is 56.2 Å². The average Bonchev–Trinajstić information content (AvgIpc) is 3.44. The van der Waals surface area contributed by atoms with Crippen LogP contribution in [0.15, 0.2) is 41.4 Å². The number of rotatable bonds is 9. The predicted octanol–water partition coefficient (Wildman–Crippen LogP) is 4.93. The number of nitrogens with two attached hydrogens (primary N) is 1. The summed E-state index contributed by atoms with van der Waals surface area (Å²) in [6.07, 6.45) is 4.67. The number of amidine groups is 1. The van der Waals surface area contributed by atoms with Gasteiger partial charge in [-0.1, -0.05) is 24.3 Å². The van der Waals surface area contributed by atoms with E-state index in [0.717, 1.165) is 61.8 Å². The van der Waals surface area contributed by atoms with E-state index in [-0.39, 0.29) is 5.41 Å². The highest BCUT2D eigenvalue weighted by atomic mass is 16.5. The Morgan fingerprint density at radius 2 is 1.74 bits per heavy atom. The molecule has 1 aliphatic carbocycles. The molecule has 3 aliphatic rings. The summed E-state index contributed by atoms with van der Waals surface area (Å²) in [5.41, 5.74) is 10.9. The molecule has 31 heavy (non-hydrogen) atoms. The van der Waals surface area contributed by atoms with Gasteiger partial charge in [0.15, 0.2) is 11.5 Å². The maximum absolute atomic E-state index is 6.19. The van der Waals surface area contributed by atoms with Gasteiger partial charge in [-0.3, -0.25) is 4.90 Å². The zero-order valence-corrected chi connectivity index (χ0v) is 18.7. The van der Waals surface area contributed by atoms with Crippen LogP contribution in [0.2, 0.25) is 0 Å². The molecule has 2 heterocycles. The van der Waals surface area contributed by atoms with Crippen molar-refractivity contribution in [1.29, 1.82) is 0 Å². The number of nitrogens with zero attached hydrogens (tertiary/aromatic N) is 2. The molecule has 0 bridgehead atoms. The van der Waals surface area contributed by atoms with Gasteiger partial charge >= 0.3 is 0 Å². The van der Waals surface area contributed by atoms with E-state index in [4.69, 9.17) is 15.2 Å². The van der Waals surface area contributed by atoms with Crippen molar-refractivity contribution in [2.45, 2.75) is 58.0 Å². The van der Waals surface area contributed by atoms with E-state index in [0.29, 0.717) is 18.4 Å². The van der Waals surface area contributed by atoms with Crippen LogP contribution in [0.25, 0.3) is 0 Å². The average molecular weight is 420 g/mol. The van der Waals surface area contributed by atoms with Crippen LogP contribution < -0.4 is 15.2 Å². The highest BCUT2D eigenvalue weighted by Crippen LogP contribution is 2.45. The fourth-order valence-electron chi connectivity index (χ4n) is 4.45. The largest absolute Gasteiger partial charge is 0.490 e. The van der Waals surface area contributed by atoms with Gasteiger partial charge in [-0.05, 0) is 74.8 Å². The molecule has 1 fully saturated rings. The van der Waals surface area contributed by atoms with Crippen molar-refractivity contribution in [1.82, 2.24) is 4.90 Å². The minimum atomic E-state index is -0.265. The van der Waals surface area contributed by atoms with E-state index >= 15 is 0 Å². The second-order valence-electron chi connectivity index (χ2n) is 9.73. The molecule has 2 aliphatic heterocycles. The van der Waals surface area contributed by atoms with Crippen LogP contribution in [0, 0.1) is 5.92 Å². The normalized spacial score (nSPS) is 19.1. The van der Waals surface area contributed by atoms with Crippen molar-refractivity contribution < 1.29 is 9.47 Å². The molecule has 0 spiro atoms. The third-order valence-corrected chi connectivity index (χ3v) is 6.82. The van der Waals surface area contributed by atoms with Crippen LogP contribution in [0.3, 0.4) is 0 Å². The van der Waals surface area contributed by atoms with Gasteiger partial charge in [0.25, 0.3) is 0 Å². The van der Waals surface area contributed by atoms with Crippen molar-refractivity contribution in [2.24, 2.45) is 16.6 Å².